The largest absolute Gasteiger partial charge is 0.395 e. The van der Waals surface area contributed by atoms with Crippen molar-refractivity contribution in [2.75, 3.05) is 19.6 Å². The number of hydrogen-bond donors (Lipinski definition) is 2. The van der Waals surface area contributed by atoms with Crippen LogP contribution in [0.1, 0.15) is 26.3 Å². The van der Waals surface area contributed by atoms with Gasteiger partial charge in [0.1, 0.15) is 41.0 Å². The third-order valence-electron chi connectivity index (χ3n) is 8.97. The van der Waals surface area contributed by atoms with E-state index in [1.807, 2.05) is 0 Å². The number of benzene rings is 4. The molecule has 0 bridgehead atoms. The van der Waals surface area contributed by atoms with Crippen LogP contribution in [0.2, 0.25) is 0 Å². The van der Waals surface area contributed by atoms with Crippen LogP contribution in [0, 0.1) is 94.2 Å². The highest BCUT2D eigenvalue weighted by atomic mass is 19.2. The Balaban J connectivity index is 0.000000755. The Kier molecular flexibility index (Phi) is 11.2. The lowest BCUT2D eigenvalue weighted by molar-refractivity contribution is -0.894. The maximum absolute atomic E-state index is 15.7. The fraction of sp³-hybridized carbons (Fsp3) is 0.212. The summed E-state index contributed by atoms with van der Waals surface area (Å²) in [5, 5.41) is -0.203. The van der Waals surface area contributed by atoms with Crippen molar-refractivity contribution < 1.29 is 70.8 Å². The molecule has 2 nitrogen and oxygen atoms in total. The first-order chi connectivity index (χ1) is 23.9. The molecule has 0 aliphatic rings. The van der Waals surface area contributed by atoms with Crippen LogP contribution in [0.25, 0.3) is 10.9 Å². The van der Waals surface area contributed by atoms with E-state index >= 15 is 26.3 Å². The normalized spacial score (nSPS) is 11.8. The molecule has 0 aliphatic carbocycles. The number of halogens is 15. The minimum Gasteiger partial charge on any atom is -0.395 e. The summed E-state index contributed by atoms with van der Waals surface area (Å²) in [5.74, 6) is -45.6. The molecule has 274 valence electrons. The SMILES string of the molecule is CC[NH+](CC)CC.Cc1c([B-](c2c(F)c(F)c(F)c(F)c2F)(c2c(F)c(F)c(F)c(F)c2F)c2c(F)c(F)c(F)c(F)c2F)[nH]c2ccccc12. The second kappa shape index (κ2) is 14.6. The van der Waals surface area contributed by atoms with E-state index in [9.17, 15) is 39.5 Å². The number of hydrogen-bond acceptors (Lipinski definition) is 0. The van der Waals surface area contributed by atoms with Gasteiger partial charge in [0.15, 0.2) is 52.4 Å². The van der Waals surface area contributed by atoms with E-state index in [2.05, 4.69) is 25.8 Å². The van der Waals surface area contributed by atoms with Crippen LogP contribution < -0.4 is 26.9 Å². The highest BCUT2D eigenvalue weighted by Gasteiger charge is 2.50. The number of H-pyrrole nitrogens is 1. The molecule has 0 aliphatic heterocycles. The van der Waals surface area contributed by atoms with Crippen LogP contribution in [-0.2, 0) is 0 Å². The number of aromatic amines is 1. The molecular weight excluding hydrogens is 720 g/mol. The highest BCUT2D eigenvalue weighted by molar-refractivity contribution is 7.20. The minimum atomic E-state index is -5.85. The Morgan fingerprint density at radius 2 is 0.725 bits per heavy atom. The van der Waals surface area contributed by atoms with Crippen LogP contribution >= 0.6 is 0 Å². The predicted molar refractivity (Wildman–Crippen MR) is 159 cm³/mol. The molecule has 1 aromatic heterocycles. The van der Waals surface area contributed by atoms with Crippen molar-refractivity contribution in [1.29, 1.82) is 0 Å². The molecule has 5 aromatic rings. The van der Waals surface area contributed by atoms with Crippen molar-refractivity contribution in [2.24, 2.45) is 0 Å². The topological polar surface area (TPSA) is 20.2 Å². The lowest BCUT2D eigenvalue weighted by Gasteiger charge is -2.44. The summed E-state index contributed by atoms with van der Waals surface area (Å²) in [6.07, 6.45) is -5.85. The standard InChI is InChI=1S/C27H8BF15N.C6H15N/c1-6-7-4-2-3-5-8(7)44-27(6)28(9-12(29)18(35)24(41)19(36)13(9)30,10-14(31)20(37)25(42)21(38)15(10)32)11-16(33)22(39)26(43)23(40)17(11)34;1-4-7(5-2)6-3/h2-5,44H,1H3;4-6H2,1-3H3/q-1;/p+1. The van der Waals surface area contributed by atoms with Crippen LogP contribution in [-0.4, -0.2) is 30.8 Å². The third kappa shape index (κ3) is 5.90. The minimum absolute atomic E-state index is 0.203. The van der Waals surface area contributed by atoms with Crippen molar-refractivity contribution >= 4 is 39.0 Å². The van der Waals surface area contributed by atoms with Gasteiger partial charge in [-0.25, -0.2) is 65.9 Å². The third-order valence-corrected chi connectivity index (χ3v) is 8.97. The van der Waals surface area contributed by atoms with Crippen molar-refractivity contribution in [3.8, 4) is 0 Å². The number of para-hydroxylation sites is 1. The van der Waals surface area contributed by atoms with Gasteiger partial charge in [-0.15, -0.1) is 22.0 Å². The summed E-state index contributed by atoms with van der Waals surface area (Å²) in [6, 6.07) is 4.63. The highest BCUT2D eigenvalue weighted by Crippen LogP contribution is 2.30. The van der Waals surface area contributed by atoms with E-state index in [-0.39, 0.29) is 10.9 Å². The zero-order valence-electron chi connectivity index (χ0n) is 26.7. The number of quaternary nitrogens is 1. The molecule has 0 radical (unpaired) electrons. The fourth-order valence-electron chi connectivity index (χ4n) is 6.36. The van der Waals surface area contributed by atoms with E-state index < -0.39 is 121 Å². The van der Waals surface area contributed by atoms with E-state index in [4.69, 9.17) is 0 Å². The van der Waals surface area contributed by atoms with Gasteiger partial charge < -0.3 is 9.88 Å². The summed E-state index contributed by atoms with van der Waals surface area (Å²) in [7, 11) is 0. The molecule has 2 N–H and O–H groups in total. The molecule has 0 amide bonds. The second-order valence-corrected chi connectivity index (χ2v) is 11.3. The van der Waals surface area contributed by atoms with Gasteiger partial charge in [0, 0.05) is 5.52 Å². The summed E-state index contributed by atoms with van der Waals surface area (Å²) in [5.41, 5.74) is -10.5. The van der Waals surface area contributed by atoms with E-state index in [1.54, 1.807) is 4.90 Å². The van der Waals surface area contributed by atoms with E-state index in [1.165, 1.54) is 31.8 Å². The van der Waals surface area contributed by atoms with Crippen molar-refractivity contribution in [3.63, 3.8) is 0 Å². The molecule has 1 heterocycles. The number of aromatic nitrogens is 1. The van der Waals surface area contributed by atoms with Gasteiger partial charge in [-0.2, -0.15) is 0 Å². The Morgan fingerprint density at radius 3 is 0.980 bits per heavy atom. The fourth-order valence-corrected chi connectivity index (χ4v) is 6.36. The molecule has 0 saturated heterocycles. The summed E-state index contributed by atoms with van der Waals surface area (Å²) in [6.45, 7) is 11.3. The van der Waals surface area contributed by atoms with Crippen molar-refractivity contribution in [2.45, 2.75) is 27.7 Å². The zero-order chi connectivity index (χ0) is 38.4. The molecule has 0 fully saturated rings. The smallest absolute Gasteiger partial charge is 0.200 e. The molecule has 0 saturated carbocycles. The van der Waals surface area contributed by atoms with Crippen LogP contribution in [0.15, 0.2) is 24.3 Å². The summed E-state index contributed by atoms with van der Waals surface area (Å²) < 4.78 is 225. The first kappa shape index (κ1) is 39.2. The maximum atomic E-state index is 15.7. The predicted octanol–water partition coefficient (Wildman–Crippen LogP) is 5.87. The Bertz CT molecular complexity index is 1900. The van der Waals surface area contributed by atoms with Gasteiger partial charge in [0.05, 0.1) is 19.6 Å². The van der Waals surface area contributed by atoms with Gasteiger partial charge >= 0.3 is 0 Å². The maximum Gasteiger partial charge on any atom is 0.200 e. The van der Waals surface area contributed by atoms with Gasteiger partial charge in [-0.05, 0) is 39.1 Å². The summed E-state index contributed by atoms with van der Waals surface area (Å²) in [4.78, 5) is 3.82. The quantitative estimate of drug-likeness (QED) is 0.0902. The number of fused-ring (bicyclic) bond motifs is 1. The van der Waals surface area contributed by atoms with Crippen molar-refractivity contribution in [1.82, 2.24) is 4.98 Å². The molecule has 4 aromatic carbocycles. The van der Waals surface area contributed by atoms with Crippen LogP contribution in [0.4, 0.5) is 65.9 Å². The van der Waals surface area contributed by atoms with Gasteiger partial charge in [-0.1, -0.05) is 23.8 Å². The molecule has 0 unspecified atom stereocenters. The zero-order valence-corrected chi connectivity index (χ0v) is 26.7. The Morgan fingerprint density at radius 1 is 0.451 bits per heavy atom. The molecule has 5 rings (SSSR count). The second-order valence-electron chi connectivity index (χ2n) is 11.3. The molecule has 0 atom stereocenters. The van der Waals surface area contributed by atoms with E-state index in [0.29, 0.717) is 0 Å². The number of aryl methyl sites for hydroxylation is 1. The van der Waals surface area contributed by atoms with Crippen LogP contribution in [0.3, 0.4) is 0 Å². The molecule has 0 spiro atoms. The Labute approximate surface area is 279 Å². The average Bonchev–Trinajstić information content (AvgIpc) is 3.46. The lowest BCUT2D eigenvalue weighted by Crippen LogP contribution is -3.11. The van der Waals surface area contributed by atoms with E-state index in [0.717, 1.165) is 19.1 Å². The number of rotatable bonds is 7. The molecule has 51 heavy (non-hydrogen) atoms. The summed E-state index contributed by atoms with van der Waals surface area (Å²) >= 11 is 0. The first-order valence-corrected chi connectivity index (χ1v) is 15.0. The van der Waals surface area contributed by atoms with Crippen molar-refractivity contribution in [3.05, 3.63) is 117 Å². The first-order valence-electron chi connectivity index (χ1n) is 15.0. The van der Waals surface area contributed by atoms with Gasteiger partial charge in [0.25, 0.3) is 0 Å². The number of nitrogens with one attached hydrogen (secondary N) is 2. The average molecular weight is 744 g/mol. The lowest BCUT2D eigenvalue weighted by atomic mass is 9.13. The molecular formula is C33H24BF15N2. The van der Waals surface area contributed by atoms with Gasteiger partial charge in [0.2, 0.25) is 0 Å². The molecule has 18 heteroatoms. The van der Waals surface area contributed by atoms with Gasteiger partial charge in [-0.3, -0.25) is 0 Å². The Hall–Kier alpha value is -4.61. The van der Waals surface area contributed by atoms with Crippen LogP contribution in [0.5, 0.6) is 0 Å². The monoisotopic (exact) mass is 744 g/mol.